The Morgan fingerprint density at radius 3 is 2.64 bits per heavy atom. The Balaban J connectivity index is 2.23. The van der Waals surface area contributed by atoms with E-state index in [1.165, 1.54) is 6.26 Å². The average Bonchev–Trinajstić information content (AvgIpc) is 2.56. The minimum Gasteiger partial charge on any atom is -0.416 e. The monoisotopic (exact) mass is 317 g/mol. The fraction of sp³-hybridized carbons (Fsp3) is 0. The Morgan fingerprint density at radius 2 is 2.00 bits per heavy atom. The fourth-order valence-corrected chi connectivity index (χ4v) is 1.51. The summed E-state index contributed by atoms with van der Waals surface area (Å²) in [4.78, 5) is 3.95. The molecule has 0 spiro atoms. The molecule has 72 valence electrons. The van der Waals surface area contributed by atoms with Gasteiger partial charge in [-0.3, -0.25) is 0 Å². The zero-order valence-electron chi connectivity index (χ0n) is 6.91. The predicted molar refractivity (Wildman–Crippen MR) is 58.4 cm³/mol. The van der Waals surface area contributed by atoms with Gasteiger partial charge in [0.1, 0.15) is 16.6 Å². The summed E-state index contributed by atoms with van der Waals surface area (Å²) < 4.78 is 11.9. The van der Waals surface area contributed by atoms with E-state index in [9.17, 15) is 0 Å². The molecule has 0 atom stereocenters. The maximum absolute atomic E-state index is 5.38. The summed E-state index contributed by atoms with van der Waals surface area (Å²) in [6.45, 7) is 0. The van der Waals surface area contributed by atoms with Crippen molar-refractivity contribution in [2.75, 3.05) is 0 Å². The molecule has 0 saturated heterocycles. The van der Waals surface area contributed by atoms with Gasteiger partial charge < -0.3 is 9.15 Å². The van der Waals surface area contributed by atoms with Crippen LogP contribution in [0.2, 0.25) is 0 Å². The summed E-state index contributed by atoms with van der Waals surface area (Å²) in [6.07, 6.45) is 1.68. The van der Waals surface area contributed by atoms with Crippen molar-refractivity contribution in [2.24, 2.45) is 0 Å². The Kier molecular flexibility index (Phi) is 2.88. The fourth-order valence-electron chi connectivity index (χ4n) is 0.907. The molecule has 0 bridgehead atoms. The van der Waals surface area contributed by atoms with Crippen molar-refractivity contribution in [3.8, 4) is 11.8 Å². The van der Waals surface area contributed by atoms with E-state index >= 15 is 0 Å². The Hall–Kier alpha value is -0.810. The number of para-hydroxylation sites is 1. The van der Waals surface area contributed by atoms with Gasteiger partial charge in [0, 0.05) is 0 Å². The van der Waals surface area contributed by atoms with Gasteiger partial charge in [0.25, 0.3) is 0 Å². The number of ether oxygens (including phenoxy) is 1. The zero-order chi connectivity index (χ0) is 9.97. The van der Waals surface area contributed by atoms with Crippen LogP contribution in [0.5, 0.6) is 11.8 Å². The topological polar surface area (TPSA) is 35.3 Å². The molecule has 14 heavy (non-hydrogen) atoms. The third-order valence-electron chi connectivity index (χ3n) is 1.49. The molecule has 0 aliphatic heterocycles. The SMILES string of the molecule is Brc1coc(Oc2ccccc2Br)n1. The molecule has 0 N–H and O–H groups in total. The Labute approximate surface area is 97.4 Å². The van der Waals surface area contributed by atoms with Crippen LogP contribution in [0, 0.1) is 0 Å². The van der Waals surface area contributed by atoms with E-state index in [4.69, 9.17) is 9.15 Å². The molecule has 2 rings (SSSR count). The molecule has 3 nitrogen and oxygen atoms in total. The van der Waals surface area contributed by atoms with E-state index in [1.54, 1.807) is 0 Å². The summed E-state index contributed by atoms with van der Waals surface area (Å²) in [5.41, 5.74) is 0. The molecular formula is C9H5Br2NO2. The van der Waals surface area contributed by atoms with Crippen LogP contribution in [-0.4, -0.2) is 4.98 Å². The second kappa shape index (κ2) is 4.14. The normalized spacial score (nSPS) is 10.1. The van der Waals surface area contributed by atoms with Crippen molar-refractivity contribution in [1.29, 1.82) is 0 Å². The van der Waals surface area contributed by atoms with E-state index in [0.717, 1.165) is 4.47 Å². The number of halogens is 2. The molecule has 0 amide bonds. The first-order valence-electron chi connectivity index (χ1n) is 3.79. The average molecular weight is 319 g/mol. The van der Waals surface area contributed by atoms with Crippen LogP contribution < -0.4 is 4.74 Å². The van der Waals surface area contributed by atoms with Crippen LogP contribution in [0.4, 0.5) is 0 Å². The Bertz CT molecular complexity index is 442. The lowest BCUT2D eigenvalue weighted by atomic mass is 10.3. The van der Waals surface area contributed by atoms with Crippen molar-refractivity contribution in [3.63, 3.8) is 0 Å². The van der Waals surface area contributed by atoms with Crippen molar-refractivity contribution in [3.05, 3.63) is 39.6 Å². The molecule has 1 heterocycles. The van der Waals surface area contributed by atoms with Crippen molar-refractivity contribution >= 4 is 31.9 Å². The highest BCUT2D eigenvalue weighted by atomic mass is 79.9. The summed E-state index contributed by atoms with van der Waals surface area (Å²) in [6, 6.07) is 7.48. The molecule has 5 heteroatoms. The quantitative estimate of drug-likeness (QED) is 0.839. The van der Waals surface area contributed by atoms with Gasteiger partial charge in [-0.1, -0.05) is 12.1 Å². The number of hydrogen-bond donors (Lipinski definition) is 0. The second-order valence-corrected chi connectivity index (χ2v) is 4.14. The van der Waals surface area contributed by atoms with E-state index in [-0.39, 0.29) is 6.08 Å². The molecule has 1 aromatic carbocycles. The lowest BCUT2D eigenvalue weighted by Crippen LogP contribution is -1.84. The first-order chi connectivity index (χ1) is 6.75. The summed E-state index contributed by atoms with van der Waals surface area (Å²) >= 11 is 6.52. The molecular weight excluding hydrogens is 314 g/mol. The maximum atomic E-state index is 5.38. The molecule has 0 aliphatic rings. The molecule has 0 unspecified atom stereocenters. The number of aromatic nitrogens is 1. The number of benzene rings is 1. The highest BCUT2D eigenvalue weighted by Gasteiger charge is 2.06. The molecule has 2 aromatic rings. The van der Waals surface area contributed by atoms with Crippen molar-refractivity contribution < 1.29 is 9.15 Å². The third kappa shape index (κ3) is 2.16. The van der Waals surface area contributed by atoms with Crippen LogP contribution >= 0.6 is 31.9 Å². The first-order valence-corrected chi connectivity index (χ1v) is 5.38. The number of nitrogens with zero attached hydrogens (tertiary/aromatic N) is 1. The van der Waals surface area contributed by atoms with Gasteiger partial charge in [-0.05, 0) is 44.0 Å². The van der Waals surface area contributed by atoms with Gasteiger partial charge in [-0.25, -0.2) is 0 Å². The highest BCUT2D eigenvalue weighted by molar-refractivity contribution is 9.10. The smallest absolute Gasteiger partial charge is 0.400 e. The maximum Gasteiger partial charge on any atom is 0.400 e. The van der Waals surface area contributed by atoms with Crippen molar-refractivity contribution in [1.82, 2.24) is 4.98 Å². The number of oxazole rings is 1. The molecule has 0 fully saturated rings. The zero-order valence-corrected chi connectivity index (χ0v) is 10.1. The minimum atomic E-state index is 0.212. The summed E-state index contributed by atoms with van der Waals surface area (Å²) in [7, 11) is 0. The summed E-state index contributed by atoms with van der Waals surface area (Å²) in [5, 5.41) is 0. The third-order valence-corrected chi connectivity index (χ3v) is 2.51. The highest BCUT2D eigenvalue weighted by Crippen LogP contribution is 2.29. The van der Waals surface area contributed by atoms with Crippen LogP contribution in [0.1, 0.15) is 0 Å². The van der Waals surface area contributed by atoms with Gasteiger partial charge in [0.2, 0.25) is 0 Å². The van der Waals surface area contributed by atoms with Crippen molar-refractivity contribution in [2.45, 2.75) is 0 Å². The largest absolute Gasteiger partial charge is 0.416 e. The minimum absolute atomic E-state index is 0.212. The van der Waals surface area contributed by atoms with Gasteiger partial charge in [-0.2, -0.15) is 4.98 Å². The van der Waals surface area contributed by atoms with E-state index in [2.05, 4.69) is 36.8 Å². The predicted octanol–water partition coefficient (Wildman–Crippen LogP) is 3.99. The standard InChI is InChI=1S/C9H5Br2NO2/c10-6-3-1-2-4-7(6)14-9-12-8(11)5-13-9/h1-5H. The van der Waals surface area contributed by atoms with Crippen LogP contribution in [-0.2, 0) is 0 Å². The number of hydrogen-bond acceptors (Lipinski definition) is 3. The lowest BCUT2D eigenvalue weighted by Gasteiger charge is -2.01. The second-order valence-electron chi connectivity index (χ2n) is 2.47. The van der Waals surface area contributed by atoms with E-state index in [0.29, 0.717) is 10.4 Å². The van der Waals surface area contributed by atoms with E-state index in [1.807, 2.05) is 24.3 Å². The van der Waals surface area contributed by atoms with Gasteiger partial charge in [0.05, 0.1) is 4.47 Å². The first kappa shape index (κ1) is 9.73. The van der Waals surface area contributed by atoms with E-state index < -0.39 is 0 Å². The Morgan fingerprint density at radius 1 is 1.21 bits per heavy atom. The van der Waals surface area contributed by atoms with Gasteiger partial charge in [0.15, 0.2) is 0 Å². The van der Waals surface area contributed by atoms with Gasteiger partial charge >= 0.3 is 6.08 Å². The number of rotatable bonds is 2. The molecule has 1 aromatic heterocycles. The van der Waals surface area contributed by atoms with Crippen LogP contribution in [0.3, 0.4) is 0 Å². The molecule has 0 saturated carbocycles. The van der Waals surface area contributed by atoms with Crippen LogP contribution in [0.15, 0.2) is 44.0 Å². The lowest BCUT2D eigenvalue weighted by molar-refractivity contribution is 0.329. The molecule has 0 radical (unpaired) electrons. The summed E-state index contributed by atoms with van der Waals surface area (Å²) in [5.74, 6) is 0.668. The van der Waals surface area contributed by atoms with Crippen LogP contribution in [0.25, 0.3) is 0 Å². The van der Waals surface area contributed by atoms with Gasteiger partial charge in [-0.15, -0.1) is 0 Å². The molecule has 0 aliphatic carbocycles.